The number of thiocarbonyl (C=S) groups is 1. The highest BCUT2D eigenvalue weighted by atomic mass is 35.5. The van der Waals surface area contributed by atoms with E-state index in [1.807, 2.05) is 0 Å². The van der Waals surface area contributed by atoms with Crippen molar-refractivity contribution in [2.24, 2.45) is 0 Å². The quantitative estimate of drug-likeness (QED) is 0.512. The van der Waals surface area contributed by atoms with Gasteiger partial charge in [-0.25, -0.2) is 0 Å². The van der Waals surface area contributed by atoms with Crippen LogP contribution in [0.2, 0.25) is 5.02 Å². The zero-order chi connectivity index (χ0) is 14.5. The summed E-state index contributed by atoms with van der Waals surface area (Å²) in [6, 6.07) is 7.66. The molecule has 1 heterocycles. The largest absolute Gasteiger partial charge is 0.467 e. The molecule has 1 aromatic heterocycles. The second-order valence-electron chi connectivity index (χ2n) is 3.81. The first kappa shape index (κ1) is 14.3. The van der Waals surface area contributed by atoms with Crippen LogP contribution in [0.3, 0.4) is 0 Å². The summed E-state index contributed by atoms with van der Waals surface area (Å²) in [5, 5.41) is 17.1. The molecule has 2 aromatic rings. The van der Waals surface area contributed by atoms with E-state index in [-0.39, 0.29) is 5.69 Å². The molecule has 1 aromatic carbocycles. The van der Waals surface area contributed by atoms with Crippen molar-refractivity contribution in [3.8, 4) is 0 Å². The summed E-state index contributed by atoms with van der Waals surface area (Å²) in [6.45, 7) is 0.408. The molecular formula is C12H10ClN3O3S. The average Bonchev–Trinajstić information content (AvgIpc) is 2.92. The van der Waals surface area contributed by atoms with Gasteiger partial charge in [0, 0.05) is 12.1 Å². The van der Waals surface area contributed by atoms with Crippen molar-refractivity contribution in [1.29, 1.82) is 0 Å². The molecule has 0 unspecified atom stereocenters. The number of anilines is 1. The highest BCUT2D eigenvalue weighted by Gasteiger charge is 2.10. The lowest BCUT2D eigenvalue weighted by Crippen LogP contribution is -2.27. The van der Waals surface area contributed by atoms with Crippen LogP contribution in [0.25, 0.3) is 0 Å². The predicted octanol–water partition coefficient (Wildman–Crippen LogP) is 3.33. The Balaban J connectivity index is 2.00. The van der Waals surface area contributed by atoms with Crippen molar-refractivity contribution in [3.05, 3.63) is 57.5 Å². The Morgan fingerprint density at radius 2 is 2.25 bits per heavy atom. The summed E-state index contributed by atoms with van der Waals surface area (Å²) < 4.78 is 5.14. The monoisotopic (exact) mass is 311 g/mol. The first-order chi connectivity index (χ1) is 9.56. The lowest BCUT2D eigenvalue weighted by Gasteiger charge is -2.10. The minimum atomic E-state index is -0.499. The van der Waals surface area contributed by atoms with Crippen molar-refractivity contribution >= 4 is 40.3 Å². The van der Waals surface area contributed by atoms with Crippen molar-refractivity contribution < 1.29 is 9.34 Å². The number of benzene rings is 1. The van der Waals surface area contributed by atoms with Gasteiger partial charge in [-0.1, -0.05) is 11.6 Å². The van der Waals surface area contributed by atoms with Crippen LogP contribution >= 0.6 is 23.8 Å². The maximum Gasteiger partial charge on any atom is 0.271 e. The Morgan fingerprint density at radius 1 is 1.45 bits per heavy atom. The van der Waals surface area contributed by atoms with E-state index in [9.17, 15) is 10.1 Å². The number of halogens is 1. The summed E-state index contributed by atoms with van der Waals surface area (Å²) >= 11 is 11.0. The number of furan rings is 1. The molecule has 0 aliphatic heterocycles. The van der Waals surface area contributed by atoms with Crippen LogP contribution < -0.4 is 10.6 Å². The van der Waals surface area contributed by atoms with Gasteiger partial charge in [-0.3, -0.25) is 10.1 Å². The van der Waals surface area contributed by atoms with E-state index in [1.54, 1.807) is 18.4 Å². The van der Waals surface area contributed by atoms with Crippen molar-refractivity contribution in [1.82, 2.24) is 5.32 Å². The number of hydrogen-bond donors (Lipinski definition) is 2. The van der Waals surface area contributed by atoms with Crippen LogP contribution in [0.4, 0.5) is 11.4 Å². The zero-order valence-electron chi connectivity index (χ0n) is 10.1. The molecule has 0 atom stereocenters. The maximum absolute atomic E-state index is 10.7. The molecule has 0 saturated carbocycles. The van der Waals surface area contributed by atoms with Gasteiger partial charge in [-0.15, -0.1) is 0 Å². The number of nitrogens with zero attached hydrogens (tertiary/aromatic N) is 1. The van der Waals surface area contributed by atoms with Gasteiger partial charge in [0.2, 0.25) is 0 Å². The minimum absolute atomic E-state index is 0.0641. The number of non-ortho nitro benzene ring substituents is 1. The van der Waals surface area contributed by atoms with Crippen molar-refractivity contribution in [2.75, 3.05) is 5.32 Å². The van der Waals surface area contributed by atoms with Gasteiger partial charge in [0.1, 0.15) is 5.76 Å². The van der Waals surface area contributed by atoms with Gasteiger partial charge in [-0.05, 0) is 30.4 Å². The third kappa shape index (κ3) is 3.69. The first-order valence-corrected chi connectivity index (χ1v) is 6.36. The number of hydrogen-bond acceptors (Lipinski definition) is 4. The van der Waals surface area contributed by atoms with Crippen LogP contribution in [-0.4, -0.2) is 10.0 Å². The molecular weight excluding hydrogens is 302 g/mol. The normalized spacial score (nSPS) is 10.1. The molecule has 6 nitrogen and oxygen atoms in total. The van der Waals surface area contributed by atoms with Crippen LogP contribution in [0.15, 0.2) is 41.0 Å². The maximum atomic E-state index is 10.7. The third-order valence-electron chi connectivity index (χ3n) is 2.41. The van der Waals surface area contributed by atoms with Crippen LogP contribution in [-0.2, 0) is 6.54 Å². The van der Waals surface area contributed by atoms with Gasteiger partial charge in [0.15, 0.2) is 5.11 Å². The van der Waals surface area contributed by atoms with Gasteiger partial charge in [0.05, 0.1) is 28.4 Å². The van der Waals surface area contributed by atoms with E-state index in [0.29, 0.717) is 22.4 Å². The molecule has 0 fully saturated rings. The molecule has 8 heteroatoms. The molecule has 0 aliphatic carbocycles. The smallest absolute Gasteiger partial charge is 0.271 e. The SMILES string of the molecule is O=[N+]([O-])c1ccc(Cl)c(NC(=S)NCc2ccco2)c1. The fraction of sp³-hybridized carbons (Fsp3) is 0.0833. The molecule has 20 heavy (non-hydrogen) atoms. The van der Waals surface area contributed by atoms with E-state index < -0.39 is 4.92 Å². The van der Waals surface area contributed by atoms with Gasteiger partial charge >= 0.3 is 0 Å². The fourth-order valence-corrected chi connectivity index (χ4v) is 1.82. The topological polar surface area (TPSA) is 80.3 Å². The van der Waals surface area contributed by atoms with Gasteiger partial charge in [-0.2, -0.15) is 0 Å². The minimum Gasteiger partial charge on any atom is -0.467 e. The first-order valence-electron chi connectivity index (χ1n) is 5.57. The van der Waals surface area contributed by atoms with Crippen LogP contribution in [0, 0.1) is 10.1 Å². The predicted molar refractivity (Wildman–Crippen MR) is 79.9 cm³/mol. The van der Waals surface area contributed by atoms with Crippen LogP contribution in [0.1, 0.15) is 5.76 Å². The molecule has 0 spiro atoms. The third-order valence-corrected chi connectivity index (χ3v) is 2.99. The Kier molecular flexibility index (Phi) is 4.54. The molecule has 2 rings (SSSR count). The summed E-state index contributed by atoms with van der Waals surface area (Å²) in [7, 11) is 0. The number of nitrogens with one attached hydrogen (secondary N) is 2. The Labute approximate surface area is 124 Å². The second-order valence-corrected chi connectivity index (χ2v) is 4.62. The Bertz CT molecular complexity index is 631. The van der Waals surface area contributed by atoms with E-state index in [0.717, 1.165) is 5.76 Å². The van der Waals surface area contributed by atoms with E-state index >= 15 is 0 Å². The number of nitro benzene ring substituents is 1. The highest BCUT2D eigenvalue weighted by molar-refractivity contribution is 7.80. The van der Waals surface area contributed by atoms with Crippen molar-refractivity contribution in [3.63, 3.8) is 0 Å². The van der Waals surface area contributed by atoms with E-state index in [4.69, 9.17) is 28.2 Å². The fourth-order valence-electron chi connectivity index (χ4n) is 1.47. The van der Waals surface area contributed by atoms with Crippen molar-refractivity contribution in [2.45, 2.75) is 6.54 Å². The zero-order valence-corrected chi connectivity index (χ0v) is 11.7. The Hall–Kier alpha value is -2.12. The molecule has 104 valence electrons. The summed E-state index contributed by atoms with van der Waals surface area (Å²) in [5.41, 5.74) is 0.309. The average molecular weight is 312 g/mol. The molecule has 0 aliphatic rings. The van der Waals surface area contributed by atoms with Crippen LogP contribution in [0.5, 0.6) is 0 Å². The standard InChI is InChI=1S/C12H10ClN3O3S/c13-10-4-3-8(16(17)18)6-11(10)15-12(20)14-7-9-2-1-5-19-9/h1-6H,7H2,(H2,14,15,20). The second kappa shape index (κ2) is 6.36. The molecule has 0 bridgehead atoms. The lowest BCUT2D eigenvalue weighted by molar-refractivity contribution is -0.384. The highest BCUT2D eigenvalue weighted by Crippen LogP contribution is 2.26. The molecule has 0 saturated heterocycles. The summed E-state index contributed by atoms with van der Waals surface area (Å²) in [4.78, 5) is 10.2. The molecule has 0 amide bonds. The van der Waals surface area contributed by atoms with Gasteiger partial charge < -0.3 is 15.1 Å². The van der Waals surface area contributed by atoms with Gasteiger partial charge in [0.25, 0.3) is 5.69 Å². The number of rotatable bonds is 4. The molecule has 2 N–H and O–H groups in total. The summed E-state index contributed by atoms with van der Waals surface area (Å²) in [6.07, 6.45) is 1.56. The lowest BCUT2D eigenvalue weighted by atomic mass is 10.3. The van der Waals surface area contributed by atoms with E-state index in [1.165, 1.54) is 18.2 Å². The number of nitro groups is 1. The summed E-state index contributed by atoms with van der Waals surface area (Å²) in [5.74, 6) is 0.722. The van der Waals surface area contributed by atoms with E-state index in [2.05, 4.69) is 10.6 Å². The Morgan fingerprint density at radius 3 is 2.90 bits per heavy atom. The molecule has 0 radical (unpaired) electrons.